The summed E-state index contributed by atoms with van der Waals surface area (Å²) in [5, 5.41) is 0. The van der Waals surface area contributed by atoms with Gasteiger partial charge in [0.2, 0.25) is 0 Å². The van der Waals surface area contributed by atoms with Crippen molar-refractivity contribution in [1.82, 2.24) is 0 Å². The quantitative estimate of drug-likeness (QED) is 0.734. The third kappa shape index (κ3) is 2.73. The van der Waals surface area contributed by atoms with Crippen LogP contribution in [0.5, 0.6) is 0 Å². The lowest BCUT2D eigenvalue weighted by molar-refractivity contribution is 0.437. The van der Waals surface area contributed by atoms with Crippen LogP contribution in [0.15, 0.2) is 47.1 Å². The summed E-state index contributed by atoms with van der Waals surface area (Å²) in [6, 6.07) is 12.2. The molecule has 0 amide bonds. The molecule has 3 heteroatoms. The molecule has 1 aromatic carbocycles. The lowest BCUT2D eigenvalue weighted by Gasteiger charge is -2.29. The summed E-state index contributed by atoms with van der Waals surface area (Å²) in [5.41, 5.74) is 2.11. The standard InChI is InChI=1S/C15H16Cl2O/c1-12-4-2-5-13(8-12)15(10-16,11-17)9-14-6-3-7-18-14/h2-8H,9-11H2,1H3. The number of hydrogen-bond donors (Lipinski definition) is 0. The summed E-state index contributed by atoms with van der Waals surface area (Å²) in [7, 11) is 0. The maximum absolute atomic E-state index is 6.20. The van der Waals surface area contributed by atoms with Crippen molar-refractivity contribution in [3.8, 4) is 0 Å². The molecule has 0 aliphatic heterocycles. The number of hydrogen-bond acceptors (Lipinski definition) is 1. The van der Waals surface area contributed by atoms with Crippen molar-refractivity contribution in [1.29, 1.82) is 0 Å². The van der Waals surface area contributed by atoms with Gasteiger partial charge in [0, 0.05) is 23.6 Å². The molecule has 0 atom stereocenters. The molecule has 1 aromatic heterocycles. The number of furan rings is 1. The van der Waals surface area contributed by atoms with Crippen molar-refractivity contribution in [2.45, 2.75) is 18.8 Å². The summed E-state index contributed by atoms with van der Waals surface area (Å²) in [4.78, 5) is 0. The normalized spacial score (nSPS) is 11.7. The van der Waals surface area contributed by atoms with Crippen LogP contribution in [0.4, 0.5) is 0 Å². The van der Waals surface area contributed by atoms with Crippen LogP contribution in [0.3, 0.4) is 0 Å². The first kappa shape index (κ1) is 13.5. The van der Waals surface area contributed by atoms with Gasteiger partial charge in [0.1, 0.15) is 5.76 Å². The van der Waals surface area contributed by atoms with Crippen LogP contribution in [-0.2, 0) is 11.8 Å². The molecule has 0 unspecified atom stereocenters. The van der Waals surface area contributed by atoms with Gasteiger partial charge >= 0.3 is 0 Å². The summed E-state index contributed by atoms with van der Waals surface area (Å²) in [6.45, 7) is 2.07. The maximum Gasteiger partial charge on any atom is 0.104 e. The number of alkyl halides is 2. The summed E-state index contributed by atoms with van der Waals surface area (Å²) in [5.74, 6) is 1.86. The smallest absolute Gasteiger partial charge is 0.104 e. The van der Waals surface area contributed by atoms with Gasteiger partial charge < -0.3 is 4.42 Å². The Kier molecular flexibility index (Phi) is 4.36. The lowest BCUT2D eigenvalue weighted by atomic mass is 9.80. The zero-order valence-electron chi connectivity index (χ0n) is 10.3. The maximum atomic E-state index is 6.20. The predicted molar refractivity (Wildman–Crippen MR) is 76.7 cm³/mol. The van der Waals surface area contributed by atoms with Gasteiger partial charge in [0.25, 0.3) is 0 Å². The molecule has 18 heavy (non-hydrogen) atoms. The fraction of sp³-hybridized carbons (Fsp3) is 0.333. The van der Waals surface area contributed by atoms with E-state index in [0.29, 0.717) is 11.8 Å². The van der Waals surface area contributed by atoms with Gasteiger partial charge in [-0.1, -0.05) is 29.8 Å². The van der Waals surface area contributed by atoms with Crippen molar-refractivity contribution in [3.05, 3.63) is 59.5 Å². The highest BCUT2D eigenvalue weighted by molar-refractivity contribution is 6.22. The monoisotopic (exact) mass is 282 g/mol. The van der Waals surface area contributed by atoms with Crippen LogP contribution < -0.4 is 0 Å². The second-order valence-corrected chi connectivity index (χ2v) is 5.21. The highest BCUT2D eigenvalue weighted by Gasteiger charge is 2.32. The number of rotatable bonds is 5. The Hall–Kier alpha value is -0.920. The highest BCUT2D eigenvalue weighted by atomic mass is 35.5. The zero-order valence-corrected chi connectivity index (χ0v) is 11.8. The number of aryl methyl sites for hydroxylation is 1. The first-order valence-corrected chi connectivity index (χ1v) is 6.98. The van der Waals surface area contributed by atoms with Gasteiger partial charge in [0.15, 0.2) is 0 Å². The molecule has 0 saturated heterocycles. The number of halogens is 2. The molecule has 0 N–H and O–H groups in total. The average Bonchev–Trinajstić information content (AvgIpc) is 2.89. The van der Waals surface area contributed by atoms with Crippen molar-refractivity contribution in [2.24, 2.45) is 0 Å². The van der Waals surface area contributed by atoms with Gasteiger partial charge in [-0.25, -0.2) is 0 Å². The zero-order chi connectivity index (χ0) is 13.0. The van der Waals surface area contributed by atoms with E-state index in [-0.39, 0.29) is 5.41 Å². The van der Waals surface area contributed by atoms with Crippen molar-refractivity contribution >= 4 is 23.2 Å². The Morgan fingerprint density at radius 2 is 1.89 bits per heavy atom. The number of benzene rings is 1. The summed E-state index contributed by atoms with van der Waals surface area (Å²) >= 11 is 12.4. The molecule has 1 nitrogen and oxygen atoms in total. The molecule has 2 aromatic rings. The fourth-order valence-corrected chi connectivity index (χ4v) is 2.89. The van der Waals surface area contributed by atoms with E-state index in [9.17, 15) is 0 Å². The molecule has 0 fully saturated rings. The molecule has 0 aliphatic rings. The highest BCUT2D eigenvalue weighted by Crippen LogP contribution is 2.32. The molecule has 2 rings (SSSR count). The predicted octanol–water partition coefficient (Wildman–Crippen LogP) is 4.55. The minimum Gasteiger partial charge on any atom is -0.469 e. The van der Waals surface area contributed by atoms with Gasteiger partial charge in [-0.05, 0) is 24.6 Å². The van der Waals surface area contributed by atoms with Gasteiger partial charge in [-0.2, -0.15) is 0 Å². The third-order valence-electron chi connectivity index (χ3n) is 3.23. The van der Waals surface area contributed by atoms with Crippen LogP contribution in [0.2, 0.25) is 0 Å². The first-order valence-electron chi connectivity index (χ1n) is 5.92. The Labute approximate surface area is 118 Å². The molecule has 0 bridgehead atoms. The topological polar surface area (TPSA) is 13.1 Å². The third-order valence-corrected chi connectivity index (χ3v) is 4.26. The molecular weight excluding hydrogens is 267 g/mol. The van der Waals surface area contributed by atoms with E-state index >= 15 is 0 Å². The molecule has 0 aliphatic carbocycles. The van der Waals surface area contributed by atoms with Gasteiger partial charge in [0.05, 0.1) is 6.26 Å². The average molecular weight is 283 g/mol. The Morgan fingerprint density at radius 1 is 1.11 bits per heavy atom. The molecular formula is C15H16Cl2O. The van der Waals surface area contributed by atoms with Crippen molar-refractivity contribution < 1.29 is 4.42 Å². The molecule has 0 radical (unpaired) electrons. The second-order valence-electron chi connectivity index (χ2n) is 4.67. The lowest BCUT2D eigenvalue weighted by Crippen LogP contribution is -2.33. The first-order chi connectivity index (χ1) is 8.70. The van der Waals surface area contributed by atoms with E-state index in [2.05, 4.69) is 25.1 Å². The van der Waals surface area contributed by atoms with Crippen molar-refractivity contribution in [3.63, 3.8) is 0 Å². The van der Waals surface area contributed by atoms with Crippen LogP contribution in [0.25, 0.3) is 0 Å². The molecule has 0 spiro atoms. The SMILES string of the molecule is Cc1cccc(C(CCl)(CCl)Cc2ccco2)c1. The van der Waals surface area contributed by atoms with Crippen LogP contribution in [0, 0.1) is 6.92 Å². The van der Waals surface area contributed by atoms with Gasteiger partial charge in [-0.15, -0.1) is 23.2 Å². The molecule has 1 heterocycles. The Bertz CT molecular complexity index is 487. The second kappa shape index (κ2) is 5.81. The Balaban J connectivity index is 2.37. The van der Waals surface area contributed by atoms with E-state index < -0.39 is 0 Å². The van der Waals surface area contributed by atoms with Gasteiger partial charge in [-0.3, -0.25) is 0 Å². The summed E-state index contributed by atoms with van der Waals surface area (Å²) in [6.07, 6.45) is 2.40. The van der Waals surface area contributed by atoms with E-state index in [1.54, 1.807) is 6.26 Å². The van der Waals surface area contributed by atoms with Crippen LogP contribution in [0.1, 0.15) is 16.9 Å². The molecule has 0 saturated carbocycles. The fourth-order valence-electron chi connectivity index (χ4n) is 2.11. The minimum atomic E-state index is -0.271. The minimum absolute atomic E-state index is 0.271. The van der Waals surface area contributed by atoms with E-state index in [0.717, 1.165) is 12.2 Å². The Morgan fingerprint density at radius 3 is 2.44 bits per heavy atom. The van der Waals surface area contributed by atoms with E-state index in [1.807, 2.05) is 18.2 Å². The van der Waals surface area contributed by atoms with E-state index in [4.69, 9.17) is 27.6 Å². The molecule has 96 valence electrons. The van der Waals surface area contributed by atoms with Crippen LogP contribution >= 0.6 is 23.2 Å². The summed E-state index contributed by atoms with van der Waals surface area (Å²) < 4.78 is 5.43. The van der Waals surface area contributed by atoms with Crippen LogP contribution in [-0.4, -0.2) is 11.8 Å². The van der Waals surface area contributed by atoms with E-state index in [1.165, 1.54) is 11.1 Å². The van der Waals surface area contributed by atoms with Crippen molar-refractivity contribution in [2.75, 3.05) is 11.8 Å². The largest absolute Gasteiger partial charge is 0.469 e.